The summed E-state index contributed by atoms with van der Waals surface area (Å²) in [4.78, 5) is 37.3. The molecule has 2 aromatic heterocycles. The van der Waals surface area contributed by atoms with E-state index in [4.69, 9.17) is 18.6 Å². The largest absolute Gasteiger partial charge is 0.497 e. The average molecular weight is 575 g/mol. The van der Waals surface area contributed by atoms with E-state index < -0.39 is 0 Å². The Morgan fingerprint density at radius 3 is 2.79 bits per heavy atom. The van der Waals surface area contributed by atoms with Crippen LogP contribution in [-0.2, 0) is 29.0 Å². The highest BCUT2D eigenvalue weighted by Gasteiger charge is 2.31. The van der Waals surface area contributed by atoms with E-state index in [-0.39, 0.29) is 23.5 Å². The molecule has 1 amide bonds. The Labute approximate surface area is 245 Å². The molecule has 0 saturated carbocycles. The van der Waals surface area contributed by atoms with Crippen LogP contribution in [0.25, 0.3) is 10.9 Å². The lowest BCUT2D eigenvalue weighted by atomic mass is 9.98. The number of ether oxygens (including phenoxy) is 3. The first-order valence-electron chi connectivity index (χ1n) is 14.4. The van der Waals surface area contributed by atoms with E-state index in [1.54, 1.807) is 26.0 Å². The predicted octanol–water partition coefficient (Wildman–Crippen LogP) is 4.83. The van der Waals surface area contributed by atoms with Crippen molar-refractivity contribution in [3.63, 3.8) is 0 Å². The van der Waals surface area contributed by atoms with Crippen molar-refractivity contribution in [3.8, 4) is 11.5 Å². The summed E-state index contributed by atoms with van der Waals surface area (Å²) in [5.41, 5.74) is 3.57. The van der Waals surface area contributed by atoms with E-state index in [9.17, 15) is 9.59 Å². The number of piperidine rings is 1. The van der Waals surface area contributed by atoms with Crippen LogP contribution in [0.15, 0.2) is 59.3 Å². The molecule has 5 rings (SSSR count). The number of benzene rings is 2. The number of amides is 1. The van der Waals surface area contributed by atoms with Crippen molar-refractivity contribution in [2.75, 3.05) is 40.5 Å². The molecule has 1 aliphatic heterocycles. The molecule has 1 N–H and O–H groups in total. The number of para-hydroxylation sites is 1. The van der Waals surface area contributed by atoms with Gasteiger partial charge >= 0.3 is 5.97 Å². The molecule has 1 atom stereocenters. The van der Waals surface area contributed by atoms with Crippen LogP contribution in [0, 0.1) is 5.92 Å². The van der Waals surface area contributed by atoms with Gasteiger partial charge in [0, 0.05) is 54.9 Å². The molecule has 10 nitrogen and oxygen atoms in total. The second-order valence-electron chi connectivity index (χ2n) is 10.5. The summed E-state index contributed by atoms with van der Waals surface area (Å²) in [7, 11) is 3.28. The number of aromatic amines is 1. The van der Waals surface area contributed by atoms with Crippen molar-refractivity contribution in [1.82, 2.24) is 19.8 Å². The minimum absolute atomic E-state index is 0.235. The predicted molar refractivity (Wildman–Crippen MR) is 157 cm³/mol. The molecule has 1 aliphatic rings. The molecule has 42 heavy (non-hydrogen) atoms. The van der Waals surface area contributed by atoms with Gasteiger partial charge in [0.1, 0.15) is 17.8 Å². The number of oxazole rings is 1. The van der Waals surface area contributed by atoms with E-state index in [1.807, 2.05) is 30.3 Å². The van der Waals surface area contributed by atoms with Crippen molar-refractivity contribution >= 4 is 22.8 Å². The molecule has 3 heterocycles. The topological polar surface area (TPSA) is 110 Å². The van der Waals surface area contributed by atoms with Crippen molar-refractivity contribution in [2.45, 2.75) is 39.3 Å². The number of fused-ring (bicyclic) bond motifs is 1. The van der Waals surface area contributed by atoms with Gasteiger partial charge in [-0.25, -0.2) is 4.98 Å². The molecule has 10 heteroatoms. The number of hydrogen-bond acceptors (Lipinski definition) is 8. The minimum atomic E-state index is -0.312. The standard InChI is InChI=1S/C32H38N4O6/c1-4-41-32(38)24-8-7-14-36(19-24)31(37)28-21-42-30(34-28)20-35(18-23-11-12-25(39-2)16-29(23)40-3)15-13-22-17-33-27-10-6-5-9-26(22)27/h5-6,9-12,16-17,21,24,33H,4,7-8,13-15,18-20H2,1-3H3. The fourth-order valence-electron chi connectivity index (χ4n) is 5.50. The van der Waals surface area contributed by atoms with E-state index >= 15 is 0 Å². The Hall–Kier alpha value is -4.31. The Bertz CT molecular complexity index is 1510. The highest BCUT2D eigenvalue weighted by molar-refractivity contribution is 5.92. The summed E-state index contributed by atoms with van der Waals surface area (Å²) < 4.78 is 22.0. The maximum Gasteiger partial charge on any atom is 0.310 e. The Balaban J connectivity index is 1.31. The zero-order chi connectivity index (χ0) is 29.5. The monoisotopic (exact) mass is 574 g/mol. The van der Waals surface area contributed by atoms with Crippen LogP contribution in [0.5, 0.6) is 11.5 Å². The number of esters is 1. The number of methoxy groups -OCH3 is 2. The van der Waals surface area contributed by atoms with Gasteiger partial charge in [-0.15, -0.1) is 0 Å². The molecule has 1 unspecified atom stereocenters. The molecule has 1 saturated heterocycles. The number of rotatable bonds is 12. The van der Waals surface area contributed by atoms with E-state index in [2.05, 4.69) is 33.2 Å². The molecule has 0 aliphatic carbocycles. The quantitative estimate of drug-likeness (QED) is 0.240. The average Bonchev–Trinajstić information content (AvgIpc) is 3.67. The first-order chi connectivity index (χ1) is 20.5. The zero-order valence-electron chi connectivity index (χ0n) is 24.4. The lowest BCUT2D eigenvalue weighted by Crippen LogP contribution is -2.43. The molecular formula is C32H38N4O6. The first kappa shape index (κ1) is 29.2. The van der Waals surface area contributed by atoms with Crippen LogP contribution < -0.4 is 9.47 Å². The summed E-state index contributed by atoms with van der Waals surface area (Å²) in [6.07, 6.45) is 5.73. The van der Waals surface area contributed by atoms with Gasteiger partial charge in [0.15, 0.2) is 5.69 Å². The smallest absolute Gasteiger partial charge is 0.310 e. The van der Waals surface area contributed by atoms with Crippen LogP contribution in [0.2, 0.25) is 0 Å². The van der Waals surface area contributed by atoms with Gasteiger partial charge in [-0.1, -0.05) is 24.3 Å². The Morgan fingerprint density at radius 2 is 1.98 bits per heavy atom. The lowest BCUT2D eigenvalue weighted by Gasteiger charge is -2.30. The number of carbonyl (C=O) groups is 2. The maximum atomic E-state index is 13.3. The van der Waals surface area contributed by atoms with Gasteiger partial charge in [0.2, 0.25) is 5.89 Å². The highest BCUT2D eigenvalue weighted by Crippen LogP contribution is 2.27. The molecule has 0 bridgehead atoms. The summed E-state index contributed by atoms with van der Waals surface area (Å²) in [6, 6.07) is 14.0. The summed E-state index contributed by atoms with van der Waals surface area (Å²) in [5, 5.41) is 1.20. The van der Waals surface area contributed by atoms with E-state index in [0.29, 0.717) is 45.1 Å². The molecule has 0 spiro atoms. The van der Waals surface area contributed by atoms with Gasteiger partial charge in [-0.3, -0.25) is 14.5 Å². The first-order valence-corrected chi connectivity index (χ1v) is 14.4. The second kappa shape index (κ2) is 13.6. The van der Waals surface area contributed by atoms with Crippen LogP contribution in [0.3, 0.4) is 0 Å². The van der Waals surface area contributed by atoms with Gasteiger partial charge < -0.3 is 28.5 Å². The van der Waals surface area contributed by atoms with Gasteiger partial charge in [0.05, 0.1) is 33.3 Å². The molecule has 1 fully saturated rings. The van der Waals surface area contributed by atoms with Gasteiger partial charge in [-0.2, -0.15) is 0 Å². The lowest BCUT2D eigenvalue weighted by molar-refractivity contribution is -0.149. The van der Waals surface area contributed by atoms with Crippen LogP contribution in [-0.4, -0.2) is 72.1 Å². The van der Waals surface area contributed by atoms with Gasteiger partial charge in [0.25, 0.3) is 5.91 Å². The molecule has 222 valence electrons. The van der Waals surface area contributed by atoms with Crippen LogP contribution >= 0.6 is 0 Å². The number of hydrogen-bond donors (Lipinski definition) is 1. The normalized spacial score (nSPS) is 15.2. The molecule has 4 aromatic rings. The SMILES string of the molecule is CCOC(=O)C1CCCN(C(=O)c2coc(CN(CCc3c[nH]c4ccccc34)Cc3ccc(OC)cc3OC)n2)C1. The summed E-state index contributed by atoms with van der Waals surface area (Å²) in [5.74, 6) is 1.10. The molecule has 2 aromatic carbocycles. The third-order valence-electron chi connectivity index (χ3n) is 7.72. The highest BCUT2D eigenvalue weighted by atomic mass is 16.5. The second-order valence-corrected chi connectivity index (χ2v) is 10.5. The fourth-order valence-corrected chi connectivity index (χ4v) is 5.50. The number of nitrogens with zero attached hydrogens (tertiary/aromatic N) is 3. The third-order valence-corrected chi connectivity index (χ3v) is 7.72. The Kier molecular flexibility index (Phi) is 9.43. The van der Waals surface area contributed by atoms with E-state index in [1.165, 1.54) is 17.2 Å². The van der Waals surface area contributed by atoms with Crippen molar-refractivity contribution < 1.29 is 28.2 Å². The number of aromatic nitrogens is 2. The Morgan fingerprint density at radius 1 is 1.12 bits per heavy atom. The number of likely N-dealkylation sites (tertiary alicyclic amines) is 1. The molecule has 0 radical (unpaired) electrons. The summed E-state index contributed by atoms with van der Waals surface area (Å²) >= 11 is 0. The number of carbonyl (C=O) groups excluding carboxylic acids is 2. The number of nitrogens with one attached hydrogen (secondary N) is 1. The maximum absolute atomic E-state index is 13.3. The molecular weight excluding hydrogens is 536 g/mol. The minimum Gasteiger partial charge on any atom is -0.497 e. The van der Waals surface area contributed by atoms with Gasteiger partial charge in [-0.05, 0) is 43.9 Å². The van der Waals surface area contributed by atoms with Crippen molar-refractivity contribution in [1.29, 1.82) is 0 Å². The van der Waals surface area contributed by atoms with Crippen LogP contribution in [0.1, 0.15) is 47.3 Å². The zero-order valence-corrected chi connectivity index (χ0v) is 24.4. The summed E-state index contributed by atoms with van der Waals surface area (Å²) in [6.45, 7) is 4.71. The number of H-pyrrole nitrogens is 1. The third kappa shape index (κ3) is 6.76. The van der Waals surface area contributed by atoms with Crippen molar-refractivity contribution in [3.05, 3.63) is 77.6 Å². The van der Waals surface area contributed by atoms with E-state index in [0.717, 1.165) is 42.0 Å². The van der Waals surface area contributed by atoms with Crippen molar-refractivity contribution in [2.24, 2.45) is 5.92 Å². The van der Waals surface area contributed by atoms with Crippen LogP contribution in [0.4, 0.5) is 0 Å². The fraction of sp³-hybridized carbons (Fsp3) is 0.406.